The zero-order valence-corrected chi connectivity index (χ0v) is 14.0. The summed E-state index contributed by atoms with van der Waals surface area (Å²) in [5.74, 6) is 0.890. The molecule has 0 fully saturated rings. The van der Waals surface area contributed by atoms with Crippen molar-refractivity contribution < 1.29 is 4.52 Å². The number of hydrogen-bond acceptors (Lipinski definition) is 6. The molecule has 0 spiro atoms. The lowest BCUT2D eigenvalue weighted by molar-refractivity contribution is 0.450. The number of hydrogen-bond donors (Lipinski definition) is 1. The Balaban J connectivity index is 1.96. The van der Waals surface area contributed by atoms with Crippen LogP contribution in [0, 0.1) is 6.92 Å². The Labute approximate surface area is 138 Å². The van der Waals surface area contributed by atoms with Crippen LogP contribution in [0.4, 0.5) is 5.82 Å². The average Bonchev–Trinajstić information content (AvgIpc) is 3.08. The van der Waals surface area contributed by atoms with Crippen molar-refractivity contribution in [3.8, 4) is 11.4 Å². The van der Waals surface area contributed by atoms with Gasteiger partial charge in [0.15, 0.2) is 11.2 Å². The maximum Gasteiger partial charge on any atom is 0.185 e. The molecule has 7 heteroatoms. The number of nitrogens with one attached hydrogen (secondary N) is 1. The number of pyridine rings is 1. The minimum absolute atomic E-state index is 0.120. The molecule has 4 aromatic rings. The van der Waals surface area contributed by atoms with Gasteiger partial charge < -0.3 is 9.84 Å². The van der Waals surface area contributed by atoms with Crippen LogP contribution in [0.15, 0.2) is 35.2 Å². The molecule has 0 unspecified atom stereocenters. The van der Waals surface area contributed by atoms with E-state index in [0.717, 1.165) is 34.1 Å². The maximum atomic E-state index is 5.25. The van der Waals surface area contributed by atoms with Gasteiger partial charge in [-0.25, -0.2) is 9.97 Å². The van der Waals surface area contributed by atoms with Gasteiger partial charge in [-0.05, 0) is 39.8 Å². The molecular formula is C17H18N6O. The fourth-order valence-corrected chi connectivity index (χ4v) is 2.63. The molecule has 0 radical (unpaired) electrons. The van der Waals surface area contributed by atoms with Crippen LogP contribution in [0.1, 0.15) is 26.5 Å². The number of aryl methyl sites for hydroxylation is 1. The van der Waals surface area contributed by atoms with Crippen molar-refractivity contribution in [2.45, 2.75) is 33.2 Å². The first-order valence-electron chi connectivity index (χ1n) is 7.76. The third-order valence-corrected chi connectivity index (χ3v) is 3.65. The van der Waals surface area contributed by atoms with Gasteiger partial charge in [0.25, 0.3) is 0 Å². The molecule has 4 aromatic heterocycles. The van der Waals surface area contributed by atoms with Gasteiger partial charge in [0, 0.05) is 17.9 Å². The third-order valence-electron chi connectivity index (χ3n) is 3.65. The molecule has 0 aliphatic rings. The highest BCUT2D eigenvalue weighted by atomic mass is 16.5. The molecule has 7 nitrogen and oxygen atoms in total. The van der Waals surface area contributed by atoms with Gasteiger partial charge >= 0.3 is 0 Å². The van der Waals surface area contributed by atoms with Crippen LogP contribution >= 0.6 is 0 Å². The van der Waals surface area contributed by atoms with E-state index >= 15 is 0 Å². The summed E-state index contributed by atoms with van der Waals surface area (Å²) in [6.45, 7) is 8.21. The first-order chi connectivity index (χ1) is 11.4. The van der Waals surface area contributed by atoms with Crippen molar-refractivity contribution in [2.24, 2.45) is 0 Å². The second-order valence-electron chi connectivity index (χ2n) is 6.80. The highest BCUT2D eigenvalue weighted by Gasteiger charge is 2.21. The predicted octanol–water partition coefficient (Wildman–Crippen LogP) is 3.45. The smallest absolute Gasteiger partial charge is 0.185 e. The molecule has 0 aliphatic carbocycles. The van der Waals surface area contributed by atoms with Crippen molar-refractivity contribution in [2.75, 3.05) is 5.32 Å². The maximum absolute atomic E-state index is 5.25. The van der Waals surface area contributed by atoms with Crippen molar-refractivity contribution in [3.63, 3.8) is 0 Å². The van der Waals surface area contributed by atoms with Crippen LogP contribution in [-0.2, 0) is 0 Å². The average molecular weight is 322 g/mol. The van der Waals surface area contributed by atoms with Gasteiger partial charge in [-0.3, -0.25) is 9.38 Å². The summed E-state index contributed by atoms with van der Waals surface area (Å²) in [6, 6.07) is 3.77. The molecule has 0 saturated carbocycles. The molecule has 24 heavy (non-hydrogen) atoms. The van der Waals surface area contributed by atoms with Crippen LogP contribution in [0.25, 0.3) is 28.1 Å². The Morgan fingerprint density at radius 3 is 2.79 bits per heavy atom. The van der Waals surface area contributed by atoms with E-state index in [-0.39, 0.29) is 5.54 Å². The van der Waals surface area contributed by atoms with E-state index in [2.05, 4.69) is 36.2 Å². The van der Waals surface area contributed by atoms with Crippen LogP contribution in [0.5, 0.6) is 0 Å². The molecule has 4 rings (SSSR count). The molecule has 0 saturated heterocycles. The number of aromatic nitrogens is 5. The molecule has 1 N–H and O–H groups in total. The van der Waals surface area contributed by atoms with Gasteiger partial charge in [0.1, 0.15) is 22.7 Å². The Bertz CT molecular complexity index is 1040. The minimum atomic E-state index is -0.120. The summed E-state index contributed by atoms with van der Waals surface area (Å²) in [4.78, 5) is 13.6. The Kier molecular flexibility index (Phi) is 3.06. The van der Waals surface area contributed by atoms with Crippen LogP contribution < -0.4 is 5.32 Å². The fraction of sp³-hybridized carbons (Fsp3) is 0.294. The Morgan fingerprint density at radius 2 is 2.00 bits per heavy atom. The standard InChI is InChI=1S/C17H18N6O/c1-10-14-12(24-22-10)6-5-11(19-14)15-16(21-17(2,3)4)23-8-7-18-9-13(23)20-15/h5-9,21H,1-4H3. The van der Waals surface area contributed by atoms with E-state index < -0.39 is 0 Å². The molecule has 0 bridgehead atoms. The molecule has 0 atom stereocenters. The Hall–Kier alpha value is -2.96. The number of anilines is 1. The second kappa shape index (κ2) is 5.02. The Morgan fingerprint density at radius 1 is 1.17 bits per heavy atom. The van der Waals surface area contributed by atoms with Crippen molar-refractivity contribution in [3.05, 3.63) is 36.4 Å². The zero-order valence-electron chi connectivity index (χ0n) is 14.0. The summed E-state index contributed by atoms with van der Waals surface area (Å²) in [6.07, 6.45) is 5.37. The summed E-state index contributed by atoms with van der Waals surface area (Å²) in [5, 5.41) is 7.49. The number of fused-ring (bicyclic) bond motifs is 2. The molecular weight excluding hydrogens is 304 g/mol. The van der Waals surface area contributed by atoms with Crippen molar-refractivity contribution in [1.82, 2.24) is 24.5 Å². The van der Waals surface area contributed by atoms with Crippen molar-refractivity contribution in [1.29, 1.82) is 0 Å². The number of imidazole rings is 1. The number of nitrogens with zero attached hydrogens (tertiary/aromatic N) is 5. The SMILES string of the molecule is Cc1noc2ccc(-c3nc4cnccn4c3NC(C)(C)C)nc12. The van der Waals surface area contributed by atoms with Gasteiger partial charge in [-0.2, -0.15) is 0 Å². The molecule has 4 heterocycles. The largest absolute Gasteiger partial charge is 0.365 e. The first-order valence-corrected chi connectivity index (χ1v) is 7.76. The van der Waals surface area contributed by atoms with Gasteiger partial charge in [0.2, 0.25) is 0 Å². The minimum Gasteiger partial charge on any atom is -0.365 e. The topological polar surface area (TPSA) is 81.1 Å². The lowest BCUT2D eigenvalue weighted by atomic mass is 10.1. The normalized spacial score (nSPS) is 12.2. The molecule has 0 aromatic carbocycles. The van der Waals surface area contributed by atoms with Gasteiger partial charge in [-0.1, -0.05) is 5.16 Å². The zero-order chi connectivity index (χ0) is 16.9. The monoisotopic (exact) mass is 322 g/mol. The molecule has 0 aliphatic heterocycles. The van der Waals surface area contributed by atoms with Gasteiger partial charge in [0.05, 0.1) is 11.9 Å². The molecule has 0 amide bonds. The lowest BCUT2D eigenvalue weighted by Crippen LogP contribution is -2.27. The third kappa shape index (κ3) is 2.38. The highest BCUT2D eigenvalue weighted by molar-refractivity contribution is 5.81. The summed E-state index contributed by atoms with van der Waals surface area (Å²) >= 11 is 0. The van der Waals surface area contributed by atoms with E-state index in [1.165, 1.54) is 0 Å². The first kappa shape index (κ1) is 14.6. The van der Waals surface area contributed by atoms with E-state index in [0.29, 0.717) is 5.58 Å². The van der Waals surface area contributed by atoms with E-state index in [4.69, 9.17) is 14.5 Å². The van der Waals surface area contributed by atoms with Crippen LogP contribution in [-0.4, -0.2) is 30.0 Å². The quantitative estimate of drug-likeness (QED) is 0.609. The summed E-state index contributed by atoms with van der Waals surface area (Å²) in [5.41, 5.74) is 4.39. The number of rotatable bonds is 2. The van der Waals surface area contributed by atoms with Crippen molar-refractivity contribution >= 4 is 22.6 Å². The highest BCUT2D eigenvalue weighted by Crippen LogP contribution is 2.30. The second-order valence-corrected chi connectivity index (χ2v) is 6.80. The van der Waals surface area contributed by atoms with E-state index in [9.17, 15) is 0 Å². The molecule has 122 valence electrons. The summed E-state index contributed by atoms with van der Waals surface area (Å²) in [7, 11) is 0. The predicted molar refractivity (Wildman–Crippen MR) is 91.9 cm³/mol. The van der Waals surface area contributed by atoms with E-state index in [1.54, 1.807) is 12.4 Å². The summed E-state index contributed by atoms with van der Waals surface area (Å²) < 4.78 is 7.23. The lowest BCUT2D eigenvalue weighted by Gasteiger charge is -2.22. The van der Waals surface area contributed by atoms with Crippen LogP contribution in [0.2, 0.25) is 0 Å². The van der Waals surface area contributed by atoms with Gasteiger partial charge in [-0.15, -0.1) is 0 Å². The van der Waals surface area contributed by atoms with E-state index in [1.807, 2.05) is 29.7 Å². The fourth-order valence-electron chi connectivity index (χ4n) is 2.63. The van der Waals surface area contributed by atoms with Crippen LogP contribution in [0.3, 0.4) is 0 Å².